The summed E-state index contributed by atoms with van der Waals surface area (Å²) in [4.78, 5) is 14.4. The van der Waals surface area contributed by atoms with Gasteiger partial charge in [0.25, 0.3) is 5.91 Å². The lowest BCUT2D eigenvalue weighted by atomic mass is 9.92. The molecule has 0 aromatic heterocycles. The lowest BCUT2D eigenvalue weighted by Gasteiger charge is -2.34. The Labute approximate surface area is 144 Å². The van der Waals surface area contributed by atoms with Crippen LogP contribution in [0.5, 0.6) is 0 Å². The lowest BCUT2D eigenvalue weighted by molar-refractivity contribution is 0.0661. The second kappa shape index (κ2) is 7.82. The van der Waals surface area contributed by atoms with Crippen LogP contribution in [0.3, 0.4) is 0 Å². The van der Waals surface area contributed by atoms with Crippen molar-refractivity contribution in [2.24, 2.45) is 11.7 Å². The largest absolute Gasteiger partial charge is 0.338 e. The van der Waals surface area contributed by atoms with Gasteiger partial charge in [0, 0.05) is 22.7 Å². The first kappa shape index (κ1) is 18.0. The number of nitrogens with two attached hydrogens (primary N) is 1. The number of amides is 1. The van der Waals surface area contributed by atoms with Crippen LogP contribution in [0.4, 0.5) is 0 Å². The molecule has 0 bridgehead atoms. The summed E-state index contributed by atoms with van der Waals surface area (Å²) in [5.41, 5.74) is 6.54. The molecule has 2 atom stereocenters. The molecule has 1 saturated heterocycles. The minimum Gasteiger partial charge on any atom is -0.338 e. The molecule has 1 aliphatic rings. The maximum atomic E-state index is 12.5. The molecule has 3 nitrogen and oxygen atoms in total. The lowest BCUT2D eigenvalue weighted by Crippen LogP contribution is -2.45. The van der Waals surface area contributed by atoms with Gasteiger partial charge in [-0.05, 0) is 66.5 Å². The van der Waals surface area contributed by atoms with Crippen LogP contribution in [0.2, 0.25) is 5.02 Å². The Hall–Kier alpha value is -0.0400. The fraction of sp³-hybridized carbons (Fsp3) is 0.500. The summed E-state index contributed by atoms with van der Waals surface area (Å²) in [6.45, 7) is 3.54. The van der Waals surface area contributed by atoms with Crippen molar-refractivity contribution in [1.82, 2.24) is 4.90 Å². The van der Waals surface area contributed by atoms with Crippen LogP contribution < -0.4 is 5.73 Å². The van der Waals surface area contributed by atoms with E-state index in [4.69, 9.17) is 17.3 Å². The highest BCUT2D eigenvalue weighted by molar-refractivity contribution is 14.1. The molecule has 1 aromatic rings. The molecule has 20 heavy (non-hydrogen) atoms. The maximum absolute atomic E-state index is 12.5. The molecule has 1 aliphatic heterocycles. The SMILES string of the molecule is CC(N)C1CCCN(C(=O)c2ccc(I)cc2Cl)C1.Cl. The van der Waals surface area contributed by atoms with Crippen LogP contribution in [-0.4, -0.2) is 29.9 Å². The highest BCUT2D eigenvalue weighted by atomic mass is 127. The van der Waals surface area contributed by atoms with E-state index in [0.29, 0.717) is 16.5 Å². The fourth-order valence-electron chi connectivity index (χ4n) is 2.46. The van der Waals surface area contributed by atoms with E-state index in [0.717, 1.165) is 29.5 Å². The first-order valence-electron chi connectivity index (χ1n) is 6.49. The van der Waals surface area contributed by atoms with Gasteiger partial charge in [0.15, 0.2) is 0 Å². The molecular weight excluding hydrogens is 410 g/mol. The Morgan fingerprint density at radius 2 is 2.25 bits per heavy atom. The second-order valence-electron chi connectivity index (χ2n) is 5.14. The van der Waals surface area contributed by atoms with Crippen LogP contribution >= 0.6 is 46.6 Å². The normalized spacial score (nSPS) is 20.2. The molecule has 2 N–H and O–H groups in total. The molecule has 0 spiro atoms. The predicted octanol–water partition coefficient (Wildman–Crippen LogP) is 3.57. The molecule has 1 aromatic carbocycles. The number of piperidine rings is 1. The van der Waals surface area contributed by atoms with E-state index < -0.39 is 0 Å². The van der Waals surface area contributed by atoms with E-state index >= 15 is 0 Å². The topological polar surface area (TPSA) is 46.3 Å². The summed E-state index contributed by atoms with van der Waals surface area (Å²) in [6.07, 6.45) is 2.11. The zero-order valence-corrected chi connectivity index (χ0v) is 15.0. The molecule has 6 heteroatoms. The van der Waals surface area contributed by atoms with Gasteiger partial charge in [-0.2, -0.15) is 0 Å². The Morgan fingerprint density at radius 1 is 1.55 bits per heavy atom. The zero-order valence-electron chi connectivity index (χ0n) is 11.3. The molecule has 0 aliphatic carbocycles. The van der Waals surface area contributed by atoms with E-state index in [1.807, 2.05) is 30.0 Å². The zero-order chi connectivity index (χ0) is 14.0. The average molecular weight is 429 g/mol. The van der Waals surface area contributed by atoms with Crippen LogP contribution in [0.25, 0.3) is 0 Å². The quantitative estimate of drug-likeness (QED) is 0.732. The molecule has 112 valence electrons. The summed E-state index contributed by atoms with van der Waals surface area (Å²) >= 11 is 8.35. The average Bonchev–Trinajstić information content (AvgIpc) is 2.38. The molecule has 2 rings (SSSR count). The van der Waals surface area contributed by atoms with Crippen LogP contribution in [0.1, 0.15) is 30.1 Å². The summed E-state index contributed by atoms with van der Waals surface area (Å²) in [5, 5.41) is 0.528. The number of halogens is 3. The summed E-state index contributed by atoms with van der Waals surface area (Å²) in [6, 6.07) is 5.67. The van der Waals surface area contributed by atoms with Crippen molar-refractivity contribution in [2.75, 3.05) is 13.1 Å². The predicted molar refractivity (Wildman–Crippen MR) is 93.7 cm³/mol. The van der Waals surface area contributed by atoms with Crippen LogP contribution in [0.15, 0.2) is 18.2 Å². The number of carbonyl (C=O) groups is 1. The van der Waals surface area contributed by atoms with Crippen molar-refractivity contribution in [3.63, 3.8) is 0 Å². The van der Waals surface area contributed by atoms with E-state index in [9.17, 15) is 4.79 Å². The molecule has 1 heterocycles. The van der Waals surface area contributed by atoms with E-state index in [-0.39, 0.29) is 24.4 Å². The number of benzene rings is 1. The highest BCUT2D eigenvalue weighted by Crippen LogP contribution is 2.24. The summed E-state index contributed by atoms with van der Waals surface area (Å²) < 4.78 is 1.03. The molecule has 0 saturated carbocycles. The van der Waals surface area contributed by atoms with Crippen molar-refractivity contribution in [3.8, 4) is 0 Å². The van der Waals surface area contributed by atoms with Gasteiger partial charge in [-0.25, -0.2) is 0 Å². The first-order valence-corrected chi connectivity index (χ1v) is 7.94. The Morgan fingerprint density at radius 3 is 2.85 bits per heavy atom. The molecular formula is C14H19Cl2IN2O. The van der Waals surface area contributed by atoms with Crippen LogP contribution in [-0.2, 0) is 0 Å². The monoisotopic (exact) mass is 428 g/mol. The number of carbonyl (C=O) groups excluding carboxylic acids is 1. The number of rotatable bonds is 2. The van der Waals surface area contributed by atoms with Gasteiger partial charge in [-0.15, -0.1) is 12.4 Å². The minimum absolute atomic E-state index is 0. The van der Waals surface area contributed by atoms with Gasteiger partial charge < -0.3 is 10.6 Å². The van der Waals surface area contributed by atoms with E-state index in [2.05, 4.69) is 22.6 Å². The van der Waals surface area contributed by atoms with E-state index in [1.165, 1.54) is 0 Å². The van der Waals surface area contributed by atoms with Gasteiger partial charge in [-0.3, -0.25) is 4.79 Å². The van der Waals surface area contributed by atoms with Crippen LogP contribution in [0, 0.1) is 9.49 Å². The smallest absolute Gasteiger partial charge is 0.255 e. The minimum atomic E-state index is 0. The van der Waals surface area contributed by atoms with Crippen molar-refractivity contribution in [1.29, 1.82) is 0 Å². The number of likely N-dealkylation sites (tertiary alicyclic amines) is 1. The highest BCUT2D eigenvalue weighted by Gasteiger charge is 2.27. The van der Waals surface area contributed by atoms with E-state index in [1.54, 1.807) is 0 Å². The third-order valence-corrected chi connectivity index (χ3v) is 4.63. The molecule has 2 unspecified atom stereocenters. The standard InChI is InChI=1S/C14H18ClIN2O.ClH/c1-9(17)10-3-2-6-18(8-10)14(19)12-5-4-11(16)7-13(12)15;/h4-5,7,9-10H,2-3,6,8,17H2,1H3;1H. The van der Waals surface area contributed by atoms with Gasteiger partial charge in [0.05, 0.1) is 10.6 Å². The molecule has 0 radical (unpaired) electrons. The Kier molecular flexibility index (Phi) is 7.04. The number of hydrogen-bond donors (Lipinski definition) is 1. The third kappa shape index (κ3) is 4.23. The van der Waals surface area contributed by atoms with Gasteiger partial charge in [-0.1, -0.05) is 11.6 Å². The molecule has 1 fully saturated rings. The number of nitrogens with zero attached hydrogens (tertiary/aromatic N) is 1. The molecule has 1 amide bonds. The van der Waals surface area contributed by atoms with Crippen molar-refractivity contribution >= 4 is 52.5 Å². The second-order valence-corrected chi connectivity index (χ2v) is 6.79. The Balaban J connectivity index is 0.00000200. The van der Waals surface area contributed by atoms with Crippen molar-refractivity contribution < 1.29 is 4.79 Å². The fourth-order valence-corrected chi connectivity index (χ4v) is 3.39. The Bertz CT molecular complexity index is 482. The summed E-state index contributed by atoms with van der Waals surface area (Å²) in [5.74, 6) is 0.409. The summed E-state index contributed by atoms with van der Waals surface area (Å²) in [7, 11) is 0. The van der Waals surface area contributed by atoms with Crippen molar-refractivity contribution in [3.05, 3.63) is 32.4 Å². The third-order valence-electron chi connectivity index (χ3n) is 3.65. The first-order chi connectivity index (χ1) is 8.99. The maximum Gasteiger partial charge on any atom is 0.255 e. The van der Waals surface area contributed by atoms with Gasteiger partial charge >= 0.3 is 0 Å². The van der Waals surface area contributed by atoms with Gasteiger partial charge in [0.2, 0.25) is 0 Å². The van der Waals surface area contributed by atoms with Crippen molar-refractivity contribution in [2.45, 2.75) is 25.8 Å². The van der Waals surface area contributed by atoms with Gasteiger partial charge in [0.1, 0.15) is 0 Å². The number of hydrogen-bond acceptors (Lipinski definition) is 2.